The van der Waals surface area contributed by atoms with Gasteiger partial charge in [0.25, 0.3) is 0 Å². The second-order valence-corrected chi connectivity index (χ2v) is 5.91. The molecule has 4 nitrogen and oxygen atoms in total. The van der Waals surface area contributed by atoms with Crippen LogP contribution in [0.2, 0.25) is 0 Å². The molecule has 2 N–H and O–H groups in total. The summed E-state index contributed by atoms with van der Waals surface area (Å²) in [5.74, 6) is -0.317. The van der Waals surface area contributed by atoms with Crippen molar-refractivity contribution in [2.75, 3.05) is 17.2 Å². The number of nitrogens with one attached hydrogen (secondary N) is 2. The summed E-state index contributed by atoms with van der Waals surface area (Å²) in [7, 11) is 0. The molecule has 0 aromatic heterocycles. The van der Waals surface area contributed by atoms with Crippen molar-refractivity contribution in [1.82, 2.24) is 0 Å². The minimum atomic E-state index is -0.317. The quantitative estimate of drug-likeness (QED) is 0.649. The van der Waals surface area contributed by atoms with Crippen molar-refractivity contribution < 1.29 is 9.53 Å². The van der Waals surface area contributed by atoms with Crippen molar-refractivity contribution in [2.24, 2.45) is 0 Å². The first-order valence-electron chi connectivity index (χ1n) is 8.22. The highest BCUT2D eigenvalue weighted by Gasteiger charge is 2.20. The number of anilines is 2. The van der Waals surface area contributed by atoms with Gasteiger partial charge < -0.3 is 15.4 Å². The molecule has 0 spiro atoms. The smallest absolute Gasteiger partial charge is 0.332 e. The monoisotopic (exact) mass is 322 g/mol. The minimum Gasteiger partial charge on any atom is -0.463 e. The van der Waals surface area contributed by atoms with Crippen LogP contribution in [0.25, 0.3) is 0 Å². The maximum Gasteiger partial charge on any atom is 0.332 e. The van der Waals surface area contributed by atoms with Gasteiger partial charge in [0.2, 0.25) is 0 Å². The van der Waals surface area contributed by atoms with E-state index < -0.39 is 0 Å². The van der Waals surface area contributed by atoms with Crippen LogP contribution in [0.4, 0.5) is 11.4 Å². The van der Waals surface area contributed by atoms with Gasteiger partial charge in [-0.2, -0.15) is 0 Å². The van der Waals surface area contributed by atoms with Crippen molar-refractivity contribution in [3.8, 4) is 0 Å². The molecule has 124 valence electrons. The first-order valence-corrected chi connectivity index (χ1v) is 8.22. The van der Waals surface area contributed by atoms with Crippen LogP contribution in [-0.2, 0) is 9.53 Å². The fraction of sp³-hybridized carbons (Fsp3) is 0.250. The van der Waals surface area contributed by atoms with E-state index in [-0.39, 0.29) is 12.0 Å². The third-order valence-electron chi connectivity index (χ3n) is 4.00. The second kappa shape index (κ2) is 7.21. The van der Waals surface area contributed by atoms with Crippen LogP contribution in [0.5, 0.6) is 0 Å². The maximum atomic E-state index is 11.9. The summed E-state index contributed by atoms with van der Waals surface area (Å²) in [5.41, 5.74) is 5.22. The largest absolute Gasteiger partial charge is 0.463 e. The van der Waals surface area contributed by atoms with E-state index in [2.05, 4.69) is 41.8 Å². The SMILES string of the molecule is CCOC(=O)/C=C1/CC(c2ccccc2)Nc2cc(C)ccc2N1. The van der Waals surface area contributed by atoms with Gasteiger partial charge in [-0.15, -0.1) is 0 Å². The summed E-state index contributed by atoms with van der Waals surface area (Å²) in [6.45, 7) is 4.25. The normalized spacial score (nSPS) is 18.1. The fourth-order valence-corrected chi connectivity index (χ4v) is 2.88. The Bertz CT molecular complexity index is 753. The fourth-order valence-electron chi connectivity index (χ4n) is 2.88. The Morgan fingerprint density at radius 3 is 2.75 bits per heavy atom. The molecule has 2 aromatic carbocycles. The van der Waals surface area contributed by atoms with Gasteiger partial charge in [0.05, 0.1) is 24.0 Å². The lowest BCUT2D eigenvalue weighted by atomic mass is 10.0. The summed E-state index contributed by atoms with van der Waals surface area (Å²) in [4.78, 5) is 11.9. The van der Waals surface area contributed by atoms with Gasteiger partial charge in [0.15, 0.2) is 0 Å². The Morgan fingerprint density at radius 2 is 2.00 bits per heavy atom. The number of esters is 1. The van der Waals surface area contributed by atoms with E-state index in [1.807, 2.05) is 31.2 Å². The topological polar surface area (TPSA) is 50.4 Å². The van der Waals surface area contributed by atoms with Crippen molar-refractivity contribution in [3.63, 3.8) is 0 Å². The van der Waals surface area contributed by atoms with Crippen LogP contribution in [0, 0.1) is 6.92 Å². The summed E-state index contributed by atoms with van der Waals surface area (Å²) >= 11 is 0. The molecule has 0 aliphatic carbocycles. The summed E-state index contributed by atoms with van der Waals surface area (Å²) in [6, 6.07) is 16.5. The number of fused-ring (bicyclic) bond motifs is 1. The van der Waals surface area contributed by atoms with E-state index in [1.54, 1.807) is 6.08 Å². The summed E-state index contributed by atoms with van der Waals surface area (Å²) < 4.78 is 5.06. The number of aryl methyl sites for hydroxylation is 1. The predicted molar refractivity (Wildman–Crippen MR) is 96.9 cm³/mol. The van der Waals surface area contributed by atoms with Crippen LogP contribution >= 0.6 is 0 Å². The van der Waals surface area contributed by atoms with Crippen LogP contribution in [0.1, 0.15) is 30.5 Å². The molecule has 1 unspecified atom stereocenters. The predicted octanol–water partition coefficient (Wildman–Crippen LogP) is 4.41. The lowest BCUT2D eigenvalue weighted by Crippen LogP contribution is -2.11. The molecule has 1 aliphatic rings. The van der Waals surface area contributed by atoms with Gasteiger partial charge >= 0.3 is 5.97 Å². The number of hydrogen-bond donors (Lipinski definition) is 2. The number of carbonyl (C=O) groups excluding carboxylic acids is 1. The van der Waals surface area contributed by atoms with Gasteiger partial charge in [-0.05, 0) is 37.1 Å². The number of ether oxygens (including phenoxy) is 1. The average Bonchev–Trinajstić information content (AvgIpc) is 2.74. The summed E-state index contributed by atoms with van der Waals surface area (Å²) in [5, 5.41) is 6.97. The molecular weight excluding hydrogens is 300 g/mol. The Balaban J connectivity index is 1.98. The molecular formula is C20H22N2O2. The van der Waals surface area contributed by atoms with Crippen LogP contribution in [0.3, 0.4) is 0 Å². The third kappa shape index (κ3) is 3.77. The number of carbonyl (C=O) groups is 1. The number of benzene rings is 2. The van der Waals surface area contributed by atoms with Crippen LogP contribution in [-0.4, -0.2) is 12.6 Å². The van der Waals surface area contributed by atoms with Crippen LogP contribution in [0.15, 0.2) is 60.3 Å². The highest BCUT2D eigenvalue weighted by Crippen LogP contribution is 2.35. The van der Waals surface area contributed by atoms with E-state index in [1.165, 1.54) is 11.1 Å². The first kappa shape index (κ1) is 16.1. The standard InChI is InChI=1S/C20H22N2O2/c1-3-24-20(23)13-16-12-18(15-7-5-4-6-8-15)22-19-11-14(2)9-10-17(19)21-16/h4-11,13,18,21-22H,3,12H2,1-2H3/b16-13-. The van der Waals surface area contributed by atoms with Gasteiger partial charge in [0, 0.05) is 18.2 Å². The van der Waals surface area contributed by atoms with Crippen molar-refractivity contribution in [2.45, 2.75) is 26.3 Å². The van der Waals surface area contributed by atoms with Gasteiger partial charge in [0.1, 0.15) is 0 Å². The average molecular weight is 322 g/mol. The van der Waals surface area contributed by atoms with Gasteiger partial charge in [-0.25, -0.2) is 4.79 Å². The summed E-state index contributed by atoms with van der Waals surface area (Å²) in [6.07, 6.45) is 2.23. The molecule has 0 bridgehead atoms. The molecule has 0 saturated heterocycles. The Labute approximate surface area is 142 Å². The first-order chi connectivity index (χ1) is 11.7. The lowest BCUT2D eigenvalue weighted by molar-refractivity contribution is -0.137. The van der Waals surface area contributed by atoms with Crippen molar-refractivity contribution in [3.05, 3.63) is 71.4 Å². The van der Waals surface area contributed by atoms with Gasteiger partial charge in [-0.3, -0.25) is 0 Å². The lowest BCUT2D eigenvalue weighted by Gasteiger charge is -2.18. The van der Waals surface area contributed by atoms with E-state index in [4.69, 9.17) is 4.74 Å². The zero-order chi connectivity index (χ0) is 16.9. The Kier molecular flexibility index (Phi) is 4.85. The molecule has 0 saturated carbocycles. The highest BCUT2D eigenvalue weighted by atomic mass is 16.5. The van der Waals surface area contributed by atoms with Crippen LogP contribution < -0.4 is 10.6 Å². The van der Waals surface area contributed by atoms with E-state index in [9.17, 15) is 4.79 Å². The molecule has 1 heterocycles. The van der Waals surface area contributed by atoms with E-state index >= 15 is 0 Å². The van der Waals surface area contributed by atoms with E-state index in [0.717, 1.165) is 17.1 Å². The molecule has 2 aromatic rings. The van der Waals surface area contributed by atoms with Crippen molar-refractivity contribution in [1.29, 1.82) is 0 Å². The van der Waals surface area contributed by atoms with E-state index in [0.29, 0.717) is 13.0 Å². The number of hydrogen-bond acceptors (Lipinski definition) is 4. The molecule has 24 heavy (non-hydrogen) atoms. The molecule has 1 atom stereocenters. The highest BCUT2D eigenvalue weighted by molar-refractivity contribution is 5.84. The van der Waals surface area contributed by atoms with Gasteiger partial charge in [-0.1, -0.05) is 36.4 Å². The molecule has 0 amide bonds. The molecule has 0 radical (unpaired) electrons. The Morgan fingerprint density at radius 1 is 1.21 bits per heavy atom. The maximum absolute atomic E-state index is 11.9. The molecule has 4 heteroatoms. The zero-order valence-electron chi connectivity index (χ0n) is 14.0. The van der Waals surface area contributed by atoms with Crippen molar-refractivity contribution >= 4 is 17.3 Å². The third-order valence-corrected chi connectivity index (χ3v) is 4.00. The minimum absolute atomic E-state index is 0.0856. The Hall–Kier alpha value is -2.75. The molecule has 3 rings (SSSR count). The molecule has 1 aliphatic heterocycles. The second-order valence-electron chi connectivity index (χ2n) is 5.91. The zero-order valence-corrected chi connectivity index (χ0v) is 14.0. The molecule has 0 fully saturated rings. The number of rotatable bonds is 3.